The van der Waals surface area contributed by atoms with Crippen molar-refractivity contribution in [2.75, 3.05) is 6.61 Å². The van der Waals surface area contributed by atoms with Gasteiger partial charge in [-0.25, -0.2) is 4.79 Å². The number of esters is 1. The van der Waals surface area contributed by atoms with E-state index < -0.39 is 53.4 Å². The summed E-state index contributed by atoms with van der Waals surface area (Å²) in [5.41, 5.74) is -1.81. The zero-order valence-electron chi connectivity index (χ0n) is 23.9. The number of aliphatic hydroxyl groups excluding tert-OH is 1. The molecule has 0 aliphatic heterocycles. The summed E-state index contributed by atoms with van der Waals surface area (Å²) in [7, 11) is 0. The summed E-state index contributed by atoms with van der Waals surface area (Å²) in [6, 6.07) is -1.07. The van der Waals surface area contributed by atoms with Crippen LogP contribution in [0.25, 0.3) is 0 Å². The van der Waals surface area contributed by atoms with Crippen LogP contribution in [0.15, 0.2) is 11.6 Å². The number of amides is 1. The van der Waals surface area contributed by atoms with E-state index in [0.717, 1.165) is 18.4 Å². The Morgan fingerprint density at radius 3 is 2.45 bits per heavy atom. The number of hydrogen-bond donors (Lipinski definition) is 4. The summed E-state index contributed by atoms with van der Waals surface area (Å²) in [4.78, 5) is 61.1. The van der Waals surface area contributed by atoms with Gasteiger partial charge in [-0.1, -0.05) is 33.3 Å². The number of ether oxygens (including phenoxy) is 1. The number of aliphatic hydroxyl groups is 2. The van der Waals surface area contributed by atoms with Crippen LogP contribution < -0.4 is 5.32 Å². The highest BCUT2D eigenvalue weighted by Gasteiger charge is 2.68. The Hall–Kier alpha value is -2.59. The van der Waals surface area contributed by atoms with Gasteiger partial charge in [-0.15, -0.1) is 0 Å². The summed E-state index contributed by atoms with van der Waals surface area (Å²) in [6.07, 6.45) is 4.20. The molecule has 4 rings (SSSR count). The predicted molar refractivity (Wildman–Crippen MR) is 143 cm³/mol. The van der Waals surface area contributed by atoms with Gasteiger partial charge in [0, 0.05) is 18.3 Å². The van der Waals surface area contributed by atoms with Crippen LogP contribution in [0.2, 0.25) is 0 Å². The molecule has 4 aliphatic carbocycles. The number of Topliss-reactive ketones (excluding diaryl/α,β-unsaturated/α-hetero) is 1. The number of ketones is 2. The molecule has 0 aromatic carbocycles. The molecular weight excluding hydrogens is 518 g/mol. The van der Waals surface area contributed by atoms with Gasteiger partial charge in [0.15, 0.2) is 12.4 Å². The van der Waals surface area contributed by atoms with Crippen LogP contribution in [-0.4, -0.2) is 69.1 Å². The van der Waals surface area contributed by atoms with Crippen molar-refractivity contribution in [3.05, 3.63) is 11.6 Å². The van der Waals surface area contributed by atoms with Gasteiger partial charge in [-0.3, -0.25) is 19.2 Å². The summed E-state index contributed by atoms with van der Waals surface area (Å²) >= 11 is 0. The van der Waals surface area contributed by atoms with Crippen molar-refractivity contribution in [2.24, 2.45) is 34.5 Å². The van der Waals surface area contributed by atoms with Crippen LogP contribution in [0.3, 0.4) is 0 Å². The number of rotatable bonds is 9. The molecule has 40 heavy (non-hydrogen) atoms. The Balaban J connectivity index is 1.38. The number of carbonyl (C=O) groups is 5. The average molecular weight is 562 g/mol. The Kier molecular flexibility index (Phi) is 8.36. The molecule has 4 N–H and O–H groups in total. The summed E-state index contributed by atoms with van der Waals surface area (Å²) in [5, 5.41) is 34.8. The van der Waals surface area contributed by atoms with Gasteiger partial charge in [-0.05, 0) is 73.7 Å². The van der Waals surface area contributed by atoms with Gasteiger partial charge in [0.25, 0.3) is 0 Å². The van der Waals surface area contributed by atoms with Crippen molar-refractivity contribution in [3.8, 4) is 0 Å². The van der Waals surface area contributed by atoms with E-state index in [0.29, 0.717) is 19.3 Å². The number of carboxylic acid groups (broad SMARTS) is 1. The maximum Gasteiger partial charge on any atom is 0.326 e. The molecule has 3 fully saturated rings. The summed E-state index contributed by atoms with van der Waals surface area (Å²) in [6.45, 7) is 6.68. The Morgan fingerprint density at radius 1 is 1.10 bits per heavy atom. The fourth-order valence-electron chi connectivity index (χ4n) is 8.46. The molecule has 222 valence electrons. The average Bonchev–Trinajstić information content (AvgIpc) is 3.15. The number of carboxylic acids is 1. The van der Waals surface area contributed by atoms with Gasteiger partial charge in [-0.2, -0.15) is 0 Å². The molecule has 5 unspecified atom stereocenters. The Bertz CT molecular complexity index is 1110. The van der Waals surface area contributed by atoms with Crippen molar-refractivity contribution in [1.29, 1.82) is 0 Å². The number of fused-ring (bicyclic) bond motifs is 5. The Morgan fingerprint density at radius 2 is 1.80 bits per heavy atom. The van der Waals surface area contributed by atoms with E-state index in [1.807, 2.05) is 6.92 Å². The first-order chi connectivity index (χ1) is 18.6. The van der Waals surface area contributed by atoms with Crippen molar-refractivity contribution in [3.63, 3.8) is 0 Å². The first-order valence-electron chi connectivity index (χ1n) is 14.5. The van der Waals surface area contributed by atoms with Gasteiger partial charge in [0.2, 0.25) is 11.7 Å². The van der Waals surface area contributed by atoms with Crippen LogP contribution in [0, 0.1) is 34.5 Å². The third-order valence-electron chi connectivity index (χ3n) is 10.7. The second kappa shape index (κ2) is 11.0. The van der Waals surface area contributed by atoms with Crippen LogP contribution >= 0.6 is 0 Å². The van der Waals surface area contributed by atoms with Crippen molar-refractivity contribution >= 4 is 29.4 Å². The number of allylic oxidation sites excluding steroid dienone is 1. The largest absolute Gasteiger partial charge is 0.480 e. The van der Waals surface area contributed by atoms with E-state index in [-0.39, 0.29) is 60.6 Å². The zero-order chi connectivity index (χ0) is 29.6. The molecule has 0 saturated heterocycles. The minimum Gasteiger partial charge on any atom is -0.480 e. The third-order valence-corrected chi connectivity index (χ3v) is 10.7. The monoisotopic (exact) mass is 561 g/mol. The molecule has 1 amide bonds. The van der Waals surface area contributed by atoms with E-state index in [2.05, 4.69) is 12.2 Å². The van der Waals surface area contributed by atoms with Crippen LogP contribution in [0.5, 0.6) is 0 Å². The molecule has 4 aliphatic rings. The quantitative estimate of drug-likeness (QED) is 0.309. The fraction of sp³-hybridized carbons (Fsp3) is 0.767. The third kappa shape index (κ3) is 5.13. The van der Waals surface area contributed by atoms with E-state index in [4.69, 9.17) is 4.74 Å². The lowest BCUT2D eigenvalue weighted by atomic mass is 9.45. The Labute approximate surface area is 234 Å². The highest BCUT2D eigenvalue weighted by atomic mass is 16.5. The number of carbonyl (C=O) groups excluding carboxylic acids is 4. The maximum absolute atomic E-state index is 13.4. The lowest BCUT2D eigenvalue weighted by Gasteiger charge is -2.60. The van der Waals surface area contributed by atoms with E-state index in [1.54, 1.807) is 19.9 Å². The smallest absolute Gasteiger partial charge is 0.326 e. The number of aliphatic carboxylic acids is 1. The molecular formula is C30H43NO9. The molecule has 0 spiro atoms. The van der Waals surface area contributed by atoms with E-state index in [9.17, 15) is 39.3 Å². The molecule has 0 bridgehead atoms. The lowest BCUT2D eigenvalue weighted by molar-refractivity contribution is -0.184. The predicted octanol–water partition coefficient (Wildman–Crippen LogP) is 2.34. The second-order valence-electron chi connectivity index (χ2n) is 13.2. The van der Waals surface area contributed by atoms with Crippen LogP contribution in [-0.2, 0) is 28.7 Å². The molecule has 0 aromatic rings. The topological polar surface area (TPSA) is 167 Å². The van der Waals surface area contributed by atoms with E-state index >= 15 is 0 Å². The molecule has 0 radical (unpaired) electrons. The van der Waals surface area contributed by atoms with Gasteiger partial charge >= 0.3 is 11.9 Å². The molecule has 0 heterocycles. The second-order valence-corrected chi connectivity index (χ2v) is 13.2. The minimum atomic E-state index is -1.76. The van der Waals surface area contributed by atoms with E-state index in [1.165, 1.54) is 0 Å². The maximum atomic E-state index is 13.4. The number of hydrogen-bond acceptors (Lipinski definition) is 8. The zero-order valence-corrected chi connectivity index (χ0v) is 23.9. The molecule has 10 heteroatoms. The summed E-state index contributed by atoms with van der Waals surface area (Å²) in [5.74, 6) is -3.31. The van der Waals surface area contributed by atoms with Gasteiger partial charge in [0.05, 0.1) is 12.5 Å². The lowest BCUT2D eigenvalue weighted by Crippen LogP contribution is -2.62. The fourth-order valence-corrected chi connectivity index (χ4v) is 8.46. The van der Waals surface area contributed by atoms with Gasteiger partial charge in [0.1, 0.15) is 11.6 Å². The first kappa shape index (κ1) is 30.4. The highest BCUT2D eigenvalue weighted by molar-refractivity contribution is 5.92. The SMILES string of the molecule is CC(C)C(NC(=O)CCC(=O)OCC(=O)[C@@]1(O)CCC2C3CCC4=CC(=O)CC[C@]4(C)C3C(O)C[C@@]21C)C(=O)O. The first-order valence-corrected chi connectivity index (χ1v) is 14.5. The van der Waals surface area contributed by atoms with Crippen LogP contribution in [0.1, 0.15) is 85.5 Å². The van der Waals surface area contributed by atoms with Gasteiger partial charge < -0.3 is 25.4 Å². The molecule has 8 atom stereocenters. The normalized spacial score (nSPS) is 37.5. The van der Waals surface area contributed by atoms with Crippen molar-refractivity contribution < 1.29 is 44.0 Å². The molecule has 3 saturated carbocycles. The van der Waals surface area contributed by atoms with Crippen LogP contribution in [0.4, 0.5) is 0 Å². The highest BCUT2D eigenvalue weighted by Crippen LogP contribution is 2.67. The standard InChI is InChI=1S/C30H43NO9/c1-16(2)26(27(37)38)31-23(35)7-8-24(36)40-15-22(34)30(39)12-10-20-19-6-5-17-13-18(32)9-11-28(17,3)25(19)21(33)14-29(20,30)4/h13,16,19-21,25-26,33,39H,5-12,14-15H2,1-4H3,(H,31,35)(H,37,38)/t19?,20?,21?,25?,26?,28-,29-,30-/m0/s1. The van der Waals surface area contributed by atoms with Crippen molar-refractivity contribution in [2.45, 2.75) is 103 Å². The van der Waals surface area contributed by atoms with Crippen molar-refractivity contribution in [1.82, 2.24) is 5.32 Å². The molecule has 0 aromatic heterocycles. The molecule has 10 nitrogen and oxygen atoms in total. The summed E-state index contributed by atoms with van der Waals surface area (Å²) < 4.78 is 5.14. The number of nitrogens with one attached hydrogen (secondary N) is 1. The minimum absolute atomic E-state index is 0.00777.